The Balaban J connectivity index is 2.55. The molecule has 0 spiro atoms. The molecule has 2 rings (SSSR count). The average Bonchev–Trinajstić information content (AvgIpc) is 2.47. The van der Waals surface area contributed by atoms with E-state index in [1.165, 1.54) is 16.0 Å². The van der Waals surface area contributed by atoms with Crippen molar-refractivity contribution in [2.45, 2.75) is 11.8 Å². The largest absolute Gasteiger partial charge is 0.121 e. The van der Waals surface area contributed by atoms with E-state index in [1.807, 2.05) is 11.8 Å². The zero-order chi connectivity index (χ0) is 7.68. The van der Waals surface area contributed by atoms with Crippen LogP contribution < -0.4 is 0 Å². The van der Waals surface area contributed by atoms with Crippen LogP contribution in [0.25, 0.3) is 5.57 Å². The van der Waals surface area contributed by atoms with Crippen LogP contribution in [-0.4, -0.2) is 5.75 Å². The summed E-state index contributed by atoms with van der Waals surface area (Å²) in [6, 6.07) is 8.60. The van der Waals surface area contributed by atoms with Crippen LogP contribution >= 0.6 is 11.8 Å². The van der Waals surface area contributed by atoms with Gasteiger partial charge in [0.05, 0.1) is 0 Å². The predicted molar refractivity (Wildman–Crippen MR) is 50.8 cm³/mol. The molecule has 1 aliphatic heterocycles. The fourth-order valence-corrected chi connectivity index (χ4v) is 2.49. The molecule has 1 aromatic carbocycles. The number of fused-ring (bicyclic) bond motifs is 1. The summed E-state index contributed by atoms with van der Waals surface area (Å²) in [4.78, 5) is 1.43. The van der Waals surface area contributed by atoms with Gasteiger partial charge in [0, 0.05) is 10.6 Å². The number of benzene rings is 1. The molecule has 0 nitrogen and oxygen atoms in total. The van der Waals surface area contributed by atoms with Gasteiger partial charge in [0.25, 0.3) is 0 Å². The van der Waals surface area contributed by atoms with Crippen molar-refractivity contribution in [1.82, 2.24) is 0 Å². The summed E-state index contributed by atoms with van der Waals surface area (Å²) >= 11 is 1.93. The summed E-state index contributed by atoms with van der Waals surface area (Å²) in [6.07, 6.45) is 2.21. The summed E-state index contributed by atoms with van der Waals surface area (Å²) in [7, 11) is 0. The summed E-state index contributed by atoms with van der Waals surface area (Å²) in [5.74, 6) is 1.15. The molecule has 1 aliphatic rings. The first-order valence-electron chi connectivity index (χ1n) is 3.79. The first-order valence-corrected chi connectivity index (χ1v) is 4.78. The molecule has 0 radical (unpaired) electrons. The van der Waals surface area contributed by atoms with Gasteiger partial charge in [-0.3, -0.25) is 0 Å². The molecule has 0 saturated carbocycles. The number of hydrogen-bond acceptors (Lipinski definition) is 1. The van der Waals surface area contributed by atoms with E-state index in [1.54, 1.807) is 0 Å². The Hall–Kier alpha value is -0.690. The number of allylic oxidation sites excluding steroid dienone is 1. The van der Waals surface area contributed by atoms with Gasteiger partial charge in [-0.05, 0) is 24.1 Å². The van der Waals surface area contributed by atoms with Gasteiger partial charge in [-0.1, -0.05) is 24.3 Å². The number of rotatable bonds is 0. The van der Waals surface area contributed by atoms with Crippen molar-refractivity contribution in [3.8, 4) is 0 Å². The molecule has 0 fully saturated rings. The minimum atomic E-state index is 1.15. The summed E-state index contributed by atoms with van der Waals surface area (Å²) in [6.45, 7) is 2.11. The Morgan fingerprint density at radius 3 is 3.00 bits per heavy atom. The topological polar surface area (TPSA) is 0 Å². The van der Waals surface area contributed by atoms with Crippen molar-refractivity contribution in [2.24, 2.45) is 0 Å². The lowest BCUT2D eigenvalue weighted by atomic mass is 10.1. The van der Waals surface area contributed by atoms with Crippen LogP contribution in [0.15, 0.2) is 35.2 Å². The van der Waals surface area contributed by atoms with E-state index in [2.05, 4.69) is 37.3 Å². The van der Waals surface area contributed by atoms with E-state index in [9.17, 15) is 0 Å². The van der Waals surface area contributed by atoms with Crippen molar-refractivity contribution in [3.63, 3.8) is 0 Å². The highest BCUT2D eigenvalue weighted by Gasteiger charge is 2.13. The molecule has 0 atom stereocenters. The molecule has 0 amide bonds. The second-order valence-electron chi connectivity index (χ2n) is 2.60. The Bertz CT molecular complexity index is 299. The Kier molecular flexibility index (Phi) is 1.74. The Morgan fingerprint density at radius 1 is 1.36 bits per heavy atom. The van der Waals surface area contributed by atoms with E-state index in [0.29, 0.717) is 0 Å². The van der Waals surface area contributed by atoms with Crippen molar-refractivity contribution in [1.29, 1.82) is 0 Å². The fourth-order valence-electron chi connectivity index (χ4n) is 1.33. The van der Waals surface area contributed by atoms with Gasteiger partial charge in [-0.2, -0.15) is 0 Å². The van der Waals surface area contributed by atoms with Crippen molar-refractivity contribution < 1.29 is 0 Å². The van der Waals surface area contributed by atoms with Crippen LogP contribution in [0.4, 0.5) is 0 Å². The third-order valence-electron chi connectivity index (χ3n) is 1.96. The van der Waals surface area contributed by atoms with Gasteiger partial charge in [0.15, 0.2) is 0 Å². The molecule has 1 heteroatoms. The quantitative estimate of drug-likeness (QED) is 0.564. The Labute approximate surface area is 71.3 Å². The van der Waals surface area contributed by atoms with Crippen LogP contribution in [-0.2, 0) is 0 Å². The molecule has 1 heterocycles. The maximum absolute atomic E-state index is 2.21. The van der Waals surface area contributed by atoms with Gasteiger partial charge in [0.1, 0.15) is 0 Å². The van der Waals surface area contributed by atoms with Crippen LogP contribution in [0.5, 0.6) is 0 Å². The number of hydrogen-bond donors (Lipinski definition) is 0. The van der Waals surface area contributed by atoms with Crippen molar-refractivity contribution in [3.05, 3.63) is 35.9 Å². The van der Waals surface area contributed by atoms with Crippen molar-refractivity contribution in [2.75, 3.05) is 5.75 Å². The van der Waals surface area contributed by atoms with E-state index >= 15 is 0 Å². The highest BCUT2D eigenvalue weighted by atomic mass is 32.2. The molecule has 0 saturated heterocycles. The van der Waals surface area contributed by atoms with Gasteiger partial charge < -0.3 is 0 Å². The number of thioether (sulfide) groups is 1. The average molecular weight is 162 g/mol. The molecule has 0 N–H and O–H groups in total. The first kappa shape index (κ1) is 6.99. The van der Waals surface area contributed by atoms with E-state index in [-0.39, 0.29) is 0 Å². The van der Waals surface area contributed by atoms with Crippen molar-refractivity contribution >= 4 is 17.3 Å². The first-order chi connectivity index (χ1) is 5.42. The second-order valence-corrected chi connectivity index (χ2v) is 3.62. The van der Waals surface area contributed by atoms with E-state index in [4.69, 9.17) is 0 Å². The lowest BCUT2D eigenvalue weighted by molar-refractivity contribution is 1.42. The summed E-state index contributed by atoms with van der Waals surface area (Å²) in [5.41, 5.74) is 2.91. The standard InChI is InChI=1S/C10H10S/c1-2-8-7-11-10-6-4-3-5-9(8)10/h2-6H,7H2,1H3. The zero-order valence-electron chi connectivity index (χ0n) is 6.50. The van der Waals surface area contributed by atoms with Crippen LogP contribution in [0.3, 0.4) is 0 Å². The summed E-state index contributed by atoms with van der Waals surface area (Å²) < 4.78 is 0. The molecular weight excluding hydrogens is 152 g/mol. The van der Waals surface area contributed by atoms with Gasteiger partial charge in [-0.25, -0.2) is 0 Å². The molecular formula is C10H10S. The lowest BCUT2D eigenvalue weighted by Gasteiger charge is -1.95. The second kappa shape index (κ2) is 2.74. The van der Waals surface area contributed by atoms with E-state index in [0.717, 1.165) is 5.75 Å². The van der Waals surface area contributed by atoms with E-state index < -0.39 is 0 Å². The van der Waals surface area contributed by atoms with Crippen LogP contribution in [0.1, 0.15) is 12.5 Å². The molecule has 0 aliphatic carbocycles. The third-order valence-corrected chi connectivity index (χ3v) is 3.09. The monoisotopic (exact) mass is 162 g/mol. The zero-order valence-corrected chi connectivity index (χ0v) is 7.32. The normalized spacial score (nSPS) is 18.8. The maximum Gasteiger partial charge on any atom is 0.0235 e. The molecule has 0 unspecified atom stereocenters. The fraction of sp³-hybridized carbons (Fsp3) is 0.200. The minimum absolute atomic E-state index is 1.15. The molecule has 0 aromatic heterocycles. The summed E-state index contributed by atoms with van der Waals surface area (Å²) in [5, 5.41) is 0. The Morgan fingerprint density at radius 2 is 2.18 bits per heavy atom. The highest BCUT2D eigenvalue weighted by Crippen LogP contribution is 2.38. The molecule has 11 heavy (non-hydrogen) atoms. The van der Waals surface area contributed by atoms with Crippen LogP contribution in [0.2, 0.25) is 0 Å². The predicted octanol–water partition coefficient (Wildman–Crippen LogP) is 3.20. The minimum Gasteiger partial charge on any atom is -0.121 e. The van der Waals surface area contributed by atoms with Gasteiger partial charge in [0.2, 0.25) is 0 Å². The molecule has 1 aromatic rings. The molecule has 56 valence electrons. The molecule has 0 bridgehead atoms. The smallest absolute Gasteiger partial charge is 0.0235 e. The highest BCUT2D eigenvalue weighted by molar-refractivity contribution is 8.00. The maximum atomic E-state index is 2.21. The lowest BCUT2D eigenvalue weighted by Crippen LogP contribution is -1.77. The van der Waals surface area contributed by atoms with Gasteiger partial charge in [-0.15, -0.1) is 11.8 Å². The van der Waals surface area contributed by atoms with Gasteiger partial charge >= 0.3 is 0 Å². The SMILES string of the molecule is CC=C1CSc2ccccc21. The van der Waals surface area contributed by atoms with Crippen LogP contribution in [0, 0.1) is 0 Å². The third kappa shape index (κ3) is 1.10.